The zero-order valence-electron chi connectivity index (χ0n) is 16.6. The van der Waals surface area contributed by atoms with E-state index in [2.05, 4.69) is 27.5 Å². The van der Waals surface area contributed by atoms with Gasteiger partial charge in [-0.3, -0.25) is 0 Å². The minimum atomic E-state index is 0.108. The van der Waals surface area contributed by atoms with Crippen LogP contribution in [0.5, 0.6) is 11.5 Å². The van der Waals surface area contributed by atoms with Crippen LogP contribution in [-0.4, -0.2) is 36.3 Å². The van der Waals surface area contributed by atoms with Gasteiger partial charge in [0.05, 0.1) is 34.8 Å². The van der Waals surface area contributed by atoms with Crippen molar-refractivity contribution in [1.29, 1.82) is 0 Å². The molecule has 0 amide bonds. The van der Waals surface area contributed by atoms with E-state index in [9.17, 15) is 0 Å². The summed E-state index contributed by atoms with van der Waals surface area (Å²) in [5, 5.41) is 8.16. The fourth-order valence-corrected chi connectivity index (χ4v) is 3.90. The highest BCUT2D eigenvalue weighted by Gasteiger charge is 2.22. The lowest BCUT2D eigenvalue weighted by Gasteiger charge is -2.29. The van der Waals surface area contributed by atoms with Crippen LogP contribution >= 0.6 is 11.6 Å². The van der Waals surface area contributed by atoms with Gasteiger partial charge in [0.15, 0.2) is 0 Å². The number of hydrogen-bond donors (Lipinski definition) is 2. The topological polar surface area (TPSA) is 68.3 Å². The zero-order chi connectivity index (χ0) is 20.2. The van der Waals surface area contributed by atoms with Gasteiger partial charge in [-0.05, 0) is 63.0 Å². The number of fused-ring (bicyclic) bond motifs is 1. The second kappa shape index (κ2) is 8.84. The van der Waals surface area contributed by atoms with Crippen molar-refractivity contribution < 1.29 is 9.47 Å². The molecule has 6 nitrogen and oxygen atoms in total. The standard InChI is InChI=1S/C22H25ClN4O2/c1-14(15-8-10-24-11-9-15)29-20-5-3-4-18-21(20)22(26-13-25-18)27-19-12-16(28-2)6-7-17(19)23/h3-7,12-15,24H,8-11H2,1-2H3,(H,25,26,27). The van der Waals surface area contributed by atoms with Crippen LogP contribution in [0.3, 0.4) is 0 Å². The molecule has 1 saturated heterocycles. The van der Waals surface area contributed by atoms with Gasteiger partial charge in [0.1, 0.15) is 23.6 Å². The summed E-state index contributed by atoms with van der Waals surface area (Å²) in [7, 11) is 1.63. The highest BCUT2D eigenvalue weighted by Crippen LogP contribution is 2.36. The molecule has 152 valence electrons. The molecule has 3 aromatic rings. The first-order chi connectivity index (χ1) is 14.2. The number of aromatic nitrogens is 2. The summed E-state index contributed by atoms with van der Waals surface area (Å²) in [5.74, 6) is 2.67. The van der Waals surface area contributed by atoms with Gasteiger partial charge in [0.2, 0.25) is 0 Å². The van der Waals surface area contributed by atoms with E-state index in [0.29, 0.717) is 28.2 Å². The number of halogens is 1. The first-order valence-electron chi connectivity index (χ1n) is 9.87. The average Bonchev–Trinajstić information content (AvgIpc) is 2.76. The van der Waals surface area contributed by atoms with Crippen LogP contribution in [-0.2, 0) is 0 Å². The zero-order valence-corrected chi connectivity index (χ0v) is 17.4. The van der Waals surface area contributed by atoms with Crippen LogP contribution in [0.4, 0.5) is 11.5 Å². The number of methoxy groups -OCH3 is 1. The Labute approximate surface area is 175 Å². The smallest absolute Gasteiger partial charge is 0.145 e. The monoisotopic (exact) mass is 412 g/mol. The van der Waals surface area contributed by atoms with Crippen LogP contribution in [0, 0.1) is 5.92 Å². The molecule has 4 rings (SSSR count). The third kappa shape index (κ3) is 4.38. The summed E-state index contributed by atoms with van der Waals surface area (Å²) >= 11 is 6.38. The summed E-state index contributed by atoms with van der Waals surface area (Å²) in [6, 6.07) is 11.3. The van der Waals surface area contributed by atoms with Crippen molar-refractivity contribution in [2.45, 2.75) is 25.9 Å². The quantitative estimate of drug-likeness (QED) is 0.606. The summed E-state index contributed by atoms with van der Waals surface area (Å²) < 4.78 is 11.7. The lowest BCUT2D eigenvalue weighted by atomic mass is 9.93. The lowest BCUT2D eigenvalue weighted by Crippen LogP contribution is -2.35. The number of ether oxygens (including phenoxy) is 2. The molecule has 2 N–H and O–H groups in total. The van der Waals surface area contributed by atoms with E-state index in [0.717, 1.165) is 42.6 Å². The number of benzene rings is 2. The van der Waals surface area contributed by atoms with Crippen LogP contribution in [0.25, 0.3) is 10.9 Å². The fourth-order valence-electron chi connectivity index (χ4n) is 3.74. The number of rotatable bonds is 6. The number of nitrogens with zero attached hydrogens (tertiary/aromatic N) is 2. The van der Waals surface area contributed by atoms with Crippen molar-refractivity contribution in [3.05, 3.63) is 47.7 Å². The van der Waals surface area contributed by atoms with E-state index in [1.807, 2.05) is 30.3 Å². The van der Waals surface area contributed by atoms with E-state index in [4.69, 9.17) is 21.1 Å². The van der Waals surface area contributed by atoms with E-state index in [-0.39, 0.29) is 6.10 Å². The molecular weight excluding hydrogens is 388 g/mol. The Morgan fingerprint density at radius 3 is 2.79 bits per heavy atom. The van der Waals surface area contributed by atoms with Crippen LogP contribution in [0.1, 0.15) is 19.8 Å². The van der Waals surface area contributed by atoms with Gasteiger partial charge in [0, 0.05) is 6.07 Å². The highest BCUT2D eigenvalue weighted by molar-refractivity contribution is 6.33. The van der Waals surface area contributed by atoms with Gasteiger partial charge in [-0.15, -0.1) is 0 Å². The third-order valence-corrected chi connectivity index (χ3v) is 5.74. The Balaban J connectivity index is 1.68. The van der Waals surface area contributed by atoms with Gasteiger partial charge in [-0.1, -0.05) is 17.7 Å². The van der Waals surface area contributed by atoms with Crippen molar-refractivity contribution >= 4 is 34.0 Å². The average molecular weight is 413 g/mol. The number of nitrogens with one attached hydrogen (secondary N) is 2. The largest absolute Gasteiger partial charge is 0.497 e. The van der Waals surface area contributed by atoms with Gasteiger partial charge >= 0.3 is 0 Å². The molecule has 1 aliphatic rings. The SMILES string of the molecule is COc1ccc(Cl)c(Nc2ncnc3cccc(OC(C)C4CCNCC4)c23)c1. The Morgan fingerprint density at radius 1 is 1.17 bits per heavy atom. The molecule has 0 bridgehead atoms. The minimum absolute atomic E-state index is 0.108. The van der Waals surface area contributed by atoms with Gasteiger partial charge in [-0.25, -0.2) is 9.97 Å². The Bertz CT molecular complexity index is 986. The predicted octanol–water partition coefficient (Wildman–Crippen LogP) is 4.80. The number of hydrogen-bond acceptors (Lipinski definition) is 6. The molecule has 0 saturated carbocycles. The Hall–Kier alpha value is -2.57. The summed E-state index contributed by atoms with van der Waals surface area (Å²) in [4.78, 5) is 8.89. The lowest BCUT2D eigenvalue weighted by molar-refractivity contribution is 0.130. The van der Waals surface area contributed by atoms with Crippen LogP contribution in [0.15, 0.2) is 42.7 Å². The third-order valence-electron chi connectivity index (χ3n) is 5.41. The fraction of sp³-hybridized carbons (Fsp3) is 0.364. The molecule has 1 aromatic heterocycles. The molecule has 7 heteroatoms. The molecular formula is C22H25ClN4O2. The van der Waals surface area contributed by atoms with Crippen molar-refractivity contribution in [2.75, 3.05) is 25.5 Å². The van der Waals surface area contributed by atoms with Gasteiger partial charge < -0.3 is 20.1 Å². The Morgan fingerprint density at radius 2 is 2.00 bits per heavy atom. The van der Waals surface area contributed by atoms with Crippen molar-refractivity contribution in [2.24, 2.45) is 5.92 Å². The highest BCUT2D eigenvalue weighted by atomic mass is 35.5. The van der Waals surface area contributed by atoms with Gasteiger partial charge in [0.25, 0.3) is 0 Å². The predicted molar refractivity (Wildman–Crippen MR) is 117 cm³/mol. The second-order valence-electron chi connectivity index (χ2n) is 7.25. The summed E-state index contributed by atoms with van der Waals surface area (Å²) in [6.07, 6.45) is 3.88. The summed E-state index contributed by atoms with van der Waals surface area (Å²) in [6.45, 7) is 4.22. The number of piperidine rings is 1. The molecule has 0 radical (unpaired) electrons. The van der Waals surface area contributed by atoms with Crippen LogP contribution < -0.4 is 20.1 Å². The first kappa shape index (κ1) is 19.7. The molecule has 1 atom stereocenters. The normalized spacial score (nSPS) is 15.8. The maximum atomic E-state index is 6.42. The minimum Gasteiger partial charge on any atom is -0.497 e. The maximum Gasteiger partial charge on any atom is 0.145 e. The molecule has 1 fully saturated rings. The maximum absolute atomic E-state index is 6.42. The molecule has 1 aliphatic heterocycles. The van der Waals surface area contributed by atoms with Crippen molar-refractivity contribution in [3.8, 4) is 11.5 Å². The van der Waals surface area contributed by atoms with E-state index < -0.39 is 0 Å². The van der Waals surface area contributed by atoms with Crippen LogP contribution in [0.2, 0.25) is 5.02 Å². The molecule has 0 aliphatic carbocycles. The molecule has 1 unspecified atom stereocenters. The number of anilines is 2. The van der Waals surface area contributed by atoms with E-state index >= 15 is 0 Å². The second-order valence-corrected chi connectivity index (χ2v) is 7.66. The van der Waals surface area contributed by atoms with E-state index in [1.54, 1.807) is 19.5 Å². The molecule has 2 heterocycles. The summed E-state index contributed by atoms with van der Waals surface area (Å²) in [5.41, 5.74) is 1.53. The van der Waals surface area contributed by atoms with Crippen molar-refractivity contribution in [3.63, 3.8) is 0 Å². The molecule has 0 spiro atoms. The van der Waals surface area contributed by atoms with E-state index in [1.165, 1.54) is 0 Å². The molecule has 29 heavy (non-hydrogen) atoms. The van der Waals surface area contributed by atoms with Crippen molar-refractivity contribution in [1.82, 2.24) is 15.3 Å². The van der Waals surface area contributed by atoms with Gasteiger partial charge in [-0.2, -0.15) is 0 Å². The Kier molecular flexibility index (Phi) is 6.02. The first-order valence-corrected chi connectivity index (χ1v) is 10.2. The molecule has 2 aromatic carbocycles.